The van der Waals surface area contributed by atoms with Crippen LogP contribution in [0.25, 0.3) is 0 Å². The number of hydrogen-bond acceptors (Lipinski definition) is 3. The number of nitrogens with two attached hydrogens (primary N) is 1. The Balaban J connectivity index is 2.41. The van der Waals surface area contributed by atoms with E-state index in [1.54, 1.807) is 0 Å². The average molecular weight is 223 g/mol. The van der Waals surface area contributed by atoms with Gasteiger partial charge in [-0.15, -0.1) is 12.3 Å². The molecule has 0 atom stereocenters. The van der Waals surface area contributed by atoms with Crippen LogP contribution in [0.1, 0.15) is 25.7 Å². The maximum absolute atomic E-state index is 11.0. The molecule has 4 nitrogen and oxygen atoms in total. The highest BCUT2D eigenvalue weighted by molar-refractivity contribution is 5.75. The molecule has 3 N–H and O–H groups in total. The number of rotatable bonds is 6. The van der Waals surface area contributed by atoms with Crippen molar-refractivity contribution in [3.05, 3.63) is 0 Å². The van der Waals surface area contributed by atoms with Crippen LogP contribution >= 0.6 is 0 Å². The lowest BCUT2D eigenvalue weighted by Gasteiger charge is -2.33. The SMILES string of the molecule is C#CCCCN(CC(N)=O)C1CCNCC1. The molecule has 0 radical (unpaired) electrons. The highest BCUT2D eigenvalue weighted by atomic mass is 16.1. The van der Waals surface area contributed by atoms with Crippen molar-refractivity contribution in [2.24, 2.45) is 5.73 Å². The molecule has 1 aliphatic rings. The molecule has 1 amide bonds. The van der Waals surface area contributed by atoms with Crippen molar-refractivity contribution in [1.82, 2.24) is 10.2 Å². The molecule has 4 heteroatoms. The van der Waals surface area contributed by atoms with Gasteiger partial charge in [0.25, 0.3) is 0 Å². The zero-order chi connectivity index (χ0) is 11.8. The van der Waals surface area contributed by atoms with E-state index in [-0.39, 0.29) is 5.91 Å². The highest BCUT2D eigenvalue weighted by Crippen LogP contribution is 2.12. The molecule has 1 aliphatic heterocycles. The van der Waals surface area contributed by atoms with E-state index >= 15 is 0 Å². The number of primary amides is 1. The van der Waals surface area contributed by atoms with Crippen molar-refractivity contribution >= 4 is 5.91 Å². The van der Waals surface area contributed by atoms with Crippen LogP contribution in [-0.2, 0) is 4.79 Å². The topological polar surface area (TPSA) is 58.4 Å². The minimum Gasteiger partial charge on any atom is -0.369 e. The molecular formula is C12H21N3O. The van der Waals surface area contributed by atoms with Gasteiger partial charge in [-0.3, -0.25) is 9.69 Å². The Morgan fingerprint density at radius 2 is 2.19 bits per heavy atom. The van der Waals surface area contributed by atoms with E-state index < -0.39 is 0 Å². The lowest BCUT2D eigenvalue weighted by molar-refractivity contribution is -0.119. The number of nitrogens with one attached hydrogen (secondary N) is 1. The molecule has 1 rings (SSSR count). The second-order valence-electron chi connectivity index (χ2n) is 4.23. The van der Waals surface area contributed by atoms with Crippen LogP contribution in [0.3, 0.4) is 0 Å². The lowest BCUT2D eigenvalue weighted by Crippen LogP contribution is -2.46. The number of piperidine rings is 1. The van der Waals surface area contributed by atoms with E-state index in [4.69, 9.17) is 12.2 Å². The second kappa shape index (κ2) is 7.26. The lowest BCUT2D eigenvalue weighted by atomic mass is 10.0. The van der Waals surface area contributed by atoms with Gasteiger partial charge in [0.05, 0.1) is 6.54 Å². The summed E-state index contributed by atoms with van der Waals surface area (Å²) in [5.74, 6) is 2.37. The standard InChI is InChI=1S/C12H21N3O/c1-2-3-4-9-15(10-12(13)16)11-5-7-14-8-6-11/h1,11,14H,3-10H2,(H2,13,16). The van der Waals surface area contributed by atoms with Crippen molar-refractivity contribution in [3.63, 3.8) is 0 Å². The molecule has 16 heavy (non-hydrogen) atoms. The normalized spacial score (nSPS) is 17.2. The summed E-state index contributed by atoms with van der Waals surface area (Å²) in [5, 5.41) is 3.31. The number of carbonyl (C=O) groups excluding carboxylic acids is 1. The molecular weight excluding hydrogens is 202 g/mol. The predicted molar refractivity (Wildman–Crippen MR) is 64.7 cm³/mol. The first-order chi connectivity index (χ1) is 7.74. The van der Waals surface area contributed by atoms with Crippen molar-refractivity contribution in [2.45, 2.75) is 31.7 Å². The number of amides is 1. The van der Waals surface area contributed by atoms with Gasteiger partial charge in [0.15, 0.2) is 0 Å². The van der Waals surface area contributed by atoms with Crippen molar-refractivity contribution < 1.29 is 4.79 Å². The van der Waals surface area contributed by atoms with E-state index in [0.717, 1.165) is 45.3 Å². The van der Waals surface area contributed by atoms with Gasteiger partial charge in [-0.1, -0.05) is 0 Å². The maximum Gasteiger partial charge on any atom is 0.231 e. The van der Waals surface area contributed by atoms with Crippen LogP contribution in [0, 0.1) is 12.3 Å². The summed E-state index contributed by atoms with van der Waals surface area (Å²) < 4.78 is 0. The first kappa shape index (κ1) is 13.0. The predicted octanol–water partition coefficient (Wildman–Crippen LogP) is -0.0609. The zero-order valence-electron chi connectivity index (χ0n) is 9.74. The fourth-order valence-corrected chi connectivity index (χ4v) is 2.15. The minimum atomic E-state index is -0.251. The first-order valence-corrected chi connectivity index (χ1v) is 5.90. The fraction of sp³-hybridized carbons (Fsp3) is 0.750. The molecule has 0 saturated carbocycles. The number of nitrogens with zero attached hydrogens (tertiary/aromatic N) is 1. The maximum atomic E-state index is 11.0. The Hall–Kier alpha value is -1.05. The van der Waals surface area contributed by atoms with E-state index in [1.807, 2.05) is 0 Å². The summed E-state index contributed by atoms with van der Waals surface area (Å²) in [6.45, 7) is 3.27. The largest absolute Gasteiger partial charge is 0.369 e. The molecule has 0 aromatic heterocycles. The second-order valence-corrected chi connectivity index (χ2v) is 4.23. The number of carbonyl (C=O) groups is 1. The van der Waals surface area contributed by atoms with Crippen LogP contribution in [-0.4, -0.2) is 43.0 Å². The number of terminal acetylenes is 1. The van der Waals surface area contributed by atoms with Crippen molar-refractivity contribution in [2.75, 3.05) is 26.2 Å². The third kappa shape index (κ3) is 4.65. The van der Waals surface area contributed by atoms with Crippen LogP contribution in [0.15, 0.2) is 0 Å². The summed E-state index contributed by atoms with van der Waals surface area (Å²) >= 11 is 0. The Labute approximate surface area is 97.6 Å². The molecule has 90 valence electrons. The molecule has 0 spiro atoms. The molecule has 1 saturated heterocycles. The first-order valence-electron chi connectivity index (χ1n) is 5.90. The molecule has 0 aliphatic carbocycles. The molecule has 0 aromatic carbocycles. The summed E-state index contributed by atoms with van der Waals surface area (Å²) in [4.78, 5) is 13.2. The number of hydrogen-bond donors (Lipinski definition) is 2. The van der Waals surface area contributed by atoms with Crippen LogP contribution in [0.2, 0.25) is 0 Å². The Morgan fingerprint density at radius 1 is 1.50 bits per heavy atom. The summed E-state index contributed by atoms with van der Waals surface area (Å²) in [6, 6.07) is 0.478. The molecule has 0 unspecified atom stereocenters. The van der Waals surface area contributed by atoms with Gasteiger partial charge in [-0.05, 0) is 38.9 Å². The number of unbranched alkanes of at least 4 members (excludes halogenated alkanes) is 1. The van der Waals surface area contributed by atoms with Crippen LogP contribution < -0.4 is 11.1 Å². The molecule has 1 heterocycles. The van der Waals surface area contributed by atoms with E-state index in [1.165, 1.54) is 0 Å². The van der Waals surface area contributed by atoms with Gasteiger partial charge in [0.1, 0.15) is 0 Å². The zero-order valence-corrected chi connectivity index (χ0v) is 9.74. The van der Waals surface area contributed by atoms with Gasteiger partial charge in [0, 0.05) is 12.5 Å². The quantitative estimate of drug-likeness (QED) is 0.490. The van der Waals surface area contributed by atoms with Crippen molar-refractivity contribution in [1.29, 1.82) is 0 Å². The van der Waals surface area contributed by atoms with Gasteiger partial charge >= 0.3 is 0 Å². The summed E-state index contributed by atoms with van der Waals surface area (Å²) in [5.41, 5.74) is 5.27. The summed E-state index contributed by atoms with van der Waals surface area (Å²) in [7, 11) is 0. The van der Waals surface area contributed by atoms with Crippen LogP contribution in [0.4, 0.5) is 0 Å². The van der Waals surface area contributed by atoms with E-state index in [9.17, 15) is 4.79 Å². The van der Waals surface area contributed by atoms with Gasteiger partial charge in [-0.25, -0.2) is 0 Å². The van der Waals surface area contributed by atoms with Crippen molar-refractivity contribution in [3.8, 4) is 12.3 Å². The fourth-order valence-electron chi connectivity index (χ4n) is 2.15. The molecule has 1 fully saturated rings. The average Bonchev–Trinajstić information content (AvgIpc) is 2.29. The van der Waals surface area contributed by atoms with Gasteiger partial charge < -0.3 is 11.1 Å². The van der Waals surface area contributed by atoms with Crippen LogP contribution in [0.5, 0.6) is 0 Å². The minimum absolute atomic E-state index is 0.251. The van der Waals surface area contributed by atoms with E-state index in [2.05, 4.69) is 16.1 Å². The molecule has 0 aromatic rings. The van der Waals surface area contributed by atoms with Gasteiger partial charge in [0.2, 0.25) is 5.91 Å². The third-order valence-electron chi connectivity index (χ3n) is 2.95. The summed E-state index contributed by atoms with van der Waals surface area (Å²) in [6.07, 6.45) is 9.10. The highest BCUT2D eigenvalue weighted by Gasteiger charge is 2.21. The smallest absolute Gasteiger partial charge is 0.231 e. The Bertz CT molecular complexity index is 253. The molecule has 0 bridgehead atoms. The monoisotopic (exact) mass is 223 g/mol. The third-order valence-corrected chi connectivity index (χ3v) is 2.95. The van der Waals surface area contributed by atoms with Gasteiger partial charge in [-0.2, -0.15) is 0 Å². The Morgan fingerprint density at radius 3 is 2.75 bits per heavy atom. The van der Waals surface area contributed by atoms with E-state index in [0.29, 0.717) is 12.6 Å². The Kier molecular flexibility index (Phi) is 5.91.